The first-order valence-electron chi connectivity index (χ1n) is 11.2. The Kier molecular flexibility index (Phi) is 5.70. The van der Waals surface area contributed by atoms with E-state index in [1.54, 1.807) is 7.11 Å². The van der Waals surface area contributed by atoms with Crippen molar-refractivity contribution in [3.63, 3.8) is 0 Å². The van der Waals surface area contributed by atoms with Crippen molar-refractivity contribution >= 4 is 29.0 Å². The van der Waals surface area contributed by atoms with Crippen LogP contribution in [0.25, 0.3) is 0 Å². The van der Waals surface area contributed by atoms with Crippen LogP contribution in [0.1, 0.15) is 36.5 Å². The molecule has 0 saturated heterocycles. The minimum Gasteiger partial charge on any atom is -0.497 e. The number of amides is 2. The Morgan fingerprint density at radius 1 is 1.12 bits per heavy atom. The van der Waals surface area contributed by atoms with E-state index in [1.807, 2.05) is 66.7 Å². The second kappa shape index (κ2) is 8.69. The summed E-state index contributed by atoms with van der Waals surface area (Å²) in [5.74, 6) is 1.57. The quantitative estimate of drug-likeness (QED) is 0.496. The lowest BCUT2D eigenvalue weighted by atomic mass is 9.90. The van der Waals surface area contributed by atoms with Gasteiger partial charge in [0, 0.05) is 28.6 Å². The van der Waals surface area contributed by atoms with Gasteiger partial charge in [-0.3, -0.25) is 0 Å². The molecule has 1 atom stereocenters. The first-order chi connectivity index (χ1) is 16.3. The van der Waals surface area contributed by atoms with E-state index in [4.69, 9.17) is 26.2 Å². The number of halogens is 1. The van der Waals surface area contributed by atoms with Crippen LogP contribution in [-0.4, -0.2) is 36.0 Å². The van der Waals surface area contributed by atoms with Crippen LogP contribution in [0.3, 0.4) is 0 Å². The average molecular weight is 476 g/mol. The number of methoxy groups -OCH3 is 1. The van der Waals surface area contributed by atoms with Crippen molar-refractivity contribution in [3.8, 4) is 11.5 Å². The summed E-state index contributed by atoms with van der Waals surface area (Å²) in [6.45, 7) is 4.54. The van der Waals surface area contributed by atoms with Crippen molar-refractivity contribution in [3.05, 3.63) is 88.4 Å². The summed E-state index contributed by atoms with van der Waals surface area (Å²) in [5, 5.41) is 9.86. The standard InChI is InChI=1S/C27H26ClN3O3/c1-27(2)15-19-14-21(10-13-24(19)34-27)29-26(32)31-16-23(17-6-11-22(33-3)12-7-17)25(30-31)18-4-8-20(28)9-5-18/h4-14,23H,15-16H2,1-3H3,(H,29,32). The highest BCUT2D eigenvalue weighted by atomic mass is 35.5. The van der Waals surface area contributed by atoms with E-state index in [-0.39, 0.29) is 17.6 Å². The molecule has 7 heteroatoms. The molecule has 2 aliphatic rings. The summed E-state index contributed by atoms with van der Waals surface area (Å²) in [5.41, 5.74) is 4.38. The van der Waals surface area contributed by atoms with Crippen molar-refractivity contribution in [2.75, 3.05) is 19.0 Å². The first kappa shape index (κ1) is 22.3. The number of hydrazone groups is 1. The Bertz CT molecular complexity index is 1250. The molecule has 0 bridgehead atoms. The largest absolute Gasteiger partial charge is 0.497 e. The van der Waals surface area contributed by atoms with Crippen LogP contribution in [-0.2, 0) is 6.42 Å². The van der Waals surface area contributed by atoms with Gasteiger partial charge in [0.25, 0.3) is 0 Å². The van der Waals surface area contributed by atoms with Crippen molar-refractivity contribution in [1.82, 2.24) is 5.01 Å². The maximum absolute atomic E-state index is 13.2. The molecular formula is C27H26ClN3O3. The molecule has 174 valence electrons. The van der Waals surface area contributed by atoms with E-state index in [2.05, 4.69) is 19.2 Å². The minimum atomic E-state index is -0.277. The van der Waals surface area contributed by atoms with Gasteiger partial charge in [0.15, 0.2) is 0 Å². The average Bonchev–Trinajstić information content (AvgIpc) is 3.39. The highest BCUT2D eigenvalue weighted by molar-refractivity contribution is 6.30. The number of hydrogen-bond donors (Lipinski definition) is 1. The van der Waals surface area contributed by atoms with E-state index in [0.29, 0.717) is 11.6 Å². The van der Waals surface area contributed by atoms with Gasteiger partial charge in [0.05, 0.1) is 19.4 Å². The summed E-state index contributed by atoms with van der Waals surface area (Å²) in [6.07, 6.45) is 0.800. The predicted octanol–water partition coefficient (Wildman–Crippen LogP) is 6.10. The topological polar surface area (TPSA) is 63.2 Å². The van der Waals surface area contributed by atoms with Crippen molar-refractivity contribution < 1.29 is 14.3 Å². The van der Waals surface area contributed by atoms with E-state index < -0.39 is 0 Å². The molecule has 2 heterocycles. The van der Waals surface area contributed by atoms with E-state index in [0.717, 1.165) is 46.0 Å². The van der Waals surface area contributed by atoms with Gasteiger partial charge in [-0.2, -0.15) is 5.10 Å². The van der Waals surface area contributed by atoms with Crippen molar-refractivity contribution in [1.29, 1.82) is 0 Å². The monoisotopic (exact) mass is 475 g/mol. The molecule has 0 saturated carbocycles. The Balaban J connectivity index is 1.40. The van der Waals surface area contributed by atoms with Gasteiger partial charge >= 0.3 is 6.03 Å². The lowest BCUT2D eigenvalue weighted by Crippen LogP contribution is -2.30. The zero-order chi connectivity index (χ0) is 23.9. The Morgan fingerprint density at radius 2 is 1.85 bits per heavy atom. The summed E-state index contributed by atoms with van der Waals surface area (Å²) < 4.78 is 11.2. The molecule has 0 spiro atoms. The second-order valence-corrected chi connectivity index (χ2v) is 9.63. The molecule has 2 amide bonds. The highest BCUT2D eigenvalue weighted by Gasteiger charge is 2.33. The first-order valence-corrected chi connectivity index (χ1v) is 11.6. The molecule has 3 aromatic carbocycles. The lowest BCUT2D eigenvalue weighted by molar-refractivity contribution is 0.138. The molecule has 3 aromatic rings. The number of carbonyl (C=O) groups is 1. The van der Waals surface area contributed by atoms with Gasteiger partial charge in [0.1, 0.15) is 17.1 Å². The summed E-state index contributed by atoms with van der Waals surface area (Å²) in [6, 6.07) is 20.9. The smallest absolute Gasteiger partial charge is 0.342 e. The van der Waals surface area contributed by atoms with Crippen LogP contribution in [0.15, 0.2) is 71.8 Å². The summed E-state index contributed by atoms with van der Waals surface area (Å²) in [7, 11) is 1.64. The molecule has 0 aromatic heterocycles. The van der Waals surface area contributed by atoms with E-state index in [1.165, 1.54) is 5.01 Å². The highest BCUT2D eigenvalue weighted by Crippen LogP contribution is 2.36. The van der Waals surface area contributed by atoms with Gasteiger partial charge < -0.3 is 14.8 Å². The molecule has 0 aliphatic carbocycles. The molecule has 34 heavy (non-hydrogen) atoms. The number of rotatable bonds is 4. The Hall–Kier alpha value is -3.51. The minimum absolute atomic E-state index is 0.0768. The lowest BCUT2D eigenvalue weighted by Gasteiger charge is -2.17. The fraction of sp³-hybridized carbons (Fsp3) is 0.259. The van der Waals surface area contributed by atoms with Crippen LogP contribution >= 0.6 is 11.6 Å². The molecule has 1 unspecified atom stereocenters. The third kappa shape index (κ3) is 4.46. The number of nitrogens with one attached hydrogen (secondary N) is 1. The van der Waals surface area contributed by atoms with Crippen LogP contribution < -0.4 is 14.8 Å². The van der Waals surface area contributed by atoms with Gasteiger partial charge in [0.2, 0.25) is 0 Å². The zero-order valence-corrected chi connectivity index (χ0v) is 20.1. The number of nitrogens with zero attached hydrogens (tertiary/aromatic N) is 2. The molecule has 1 N–H and O–H groups in total. The molecule has 0 radical (unpaired) electrons. The van der Waals surface area contributed by atoms with Gasteiger partial charge in [-0.1, -0.05) is 35.9 Å². The molecule has 6 nitrogen and oxygen atoms in total. The molecule has 5 rings (SSSR count). The Labute approximate surface area is 204 Å². The number of benzene rings is 3. The number of ether oxygens (including phenoxy) is 2. The van der Waals surface area contributed by atoms with Crippen molar-refractivity contribution in [2.24, 2.45) is 5.10 Å². The second-order valence-electron chi connectivity index (χ2n) is 9.19. The van der Waals surface area contributed by atoms with Gasteiger partial charge in [-0.05, 0) is 67.4 Å². The van der Waals surface area contributed by atoms with Crippen LogP contribution in [0, 0.1) is 0 Å². The van der Waals surface area contributed by atoms with Crippen LogP contribution in [0.2, 0.25) is 5.02 Å². The van der Waals surface area contributed by atoms with E-state index >= 15 is 0 Å². The van der Waals surface area contributed by atoms with Gasteiger partial charge in [-0.15, -0.1) is 0 Å². The van der Waals surface area contributed by atoms with E-state index in [9.17, 15) is 4.79 Å². The number of anilines is 1. The Morgan fingerprint density at radius 3 is 2.56 bits per heavy atom. The fourth-order valence-electron chi connectivity index (χ4n) is 4.48. The maximum Gasteiger partial charge on any atom is 0.342 e. The fourth-order valence-corrected chi connectivity index (χ4v) is 4.61. The molecule has 2 aliphatic heterocycles. The predicted molar refractivity (Wildman–Crippen MR) is 134 cm³/mol. The number of fused-ring (bicyclic) bond motifs is 1. The molecular weight excluding hydrogens is 450 g/mol. The molecule has 0 fully saturated rings. The number of hydrogen-bond acceptors (Lipinski definition) is 4. The van der Waals surface area contributed by atoms with Crippen LogP contribution in [0.5, 0.6) is 11.5 Å². The number of carbonyl (C=O) groups excluding carboxylic acids is 1. The summed E-state index contributed by atoms with van der Waals surface area (Å²) in [4.78, 5) is 13.2. The maximum atomic E-state index is 13.2. The SMILES string of the molecule is COc1ccc(C2CN(C(=O)Nc3ccc4c(c3)CC(C)(C)O4)N=C2c2ccc(Cl)cc2)cc1. The van der Waals surface area contributed by atoms with Crippen LogP contribution in [0.4, 0.5) is 10.5 Å². The number of urea groups is 1. The third-order valence-electron chi connectivity index (χ3n) is 6.12. The van der Waals surface area contributed by atoms with Gasteiger partial charge in [-0.25, -0.2) is 9.80 Å². The zero-order valence-electron chi connectivity index (χ0n) is 19.3. The third-order valence-corrected chi connectivity index (χ3v) is 6.37. The normalized spacial score (nSPS) is 18.2. The summed E-state index contributed by atoms with van der Waals surface area (Å²) >= 11 is 6.10. The van der Waals surface area contributed by atoms with Crippen molar-refractivity contribution in [2.45, 2.75) is 31.8 Å².